The SMILES string of the molecule is c1ccc(-c2c3ccccc3c(-c3ccccc3C3(c4ccccc4)c4ccccc4C4(c5ccccc5)c5ccccc5-c5cccc3c54)c3ccccc23)cc1. The van der Waals surface area contributed by atoms with Crippen LogP contribution in [0.4, 0.5) is 0 Å². The number of hydrogen-bond donors (Lipinski definition) is 0. The third-order valence-corrected chi connectivity index (χ3v) is 13.2. The lowest BCUT2D eigenvalue weighted by atomic mass is 9.51. The van der Waals surface area contributed by atoms with Gasteiger partial charge >= 0.3 is 0 Å². The molecule has 2 aliphatic carbocycles. The van der Waals surface area contributed by atoms with Crippen molar-refractivity contribution >= 4 is 21.5 Å². The lowest BCUT2D eigenvalue weighted by Crippen LogP contribution is -2.44. The third kappa shape index (κ3) is 4.24. The monoisotopic (exact) mass is 734 g/mol. The molecule has 2 aliphatic rings. The van der Waals surface area contributed by atoms with Crippen LogP contribution in [0.15, 0.2) is 231 Å². The minimum atomic E-state index is -0.666. The second-order valence-electron chi connectivity index (χ2n) is 15.8. The average Bonchev–Trinajstić information content (AvgIpc) is 3.61. The summed E-state index contributed by atoms with van der Waals surface area (Å²) in [5, 5.41) is 5.02. The van der Waals surface area contributed by atoms with Gasteiger partial charge in [-0.3, -0.25) is 0 Å². The Labute approximate surface area is 339 Å². The van der Waals surface area contributed by atoms with Gasteiger partial charge in [-0.2, -0.15) is 0 Å². The minimum Gasteiger partial charge on any atom is -0.0622 e. The Kier molecular flexibility index (Phi) is 7.16. The van der Waals surface area contributed by atoms with Crippen LogP contribution in [0.1, 0.15) is 44.5 Å². The molecule has 0 aliphatic heterocycles. The fourth-order valence-electron chi connectivity index (χ4n) is 11.2. The summed E-state index contributed by atoms with van der Waals surface area (Å²) in [6.07, 6.45) is 0. The highest BCUT2D eigenvalue weighted by molar-refractivity contribution is 6.21. The Morgan fingerprint density at radius 2 is 0.603 bits per heavy atom. The summed E-state index contributed by atoms with van der Waals surface area (Å²) in [5.41, 5.74) is 17.0. The van der Waals surface area contributed by atoms with Gasteiger partial charge in [0, 0.05) is 0 Å². The molecule has 2 unspecified atom stereocenters. The highest BCUT2D eigenvalue weighted by Crippen LogP contribution is 2.66. The molecule has 0 nitrogen and oxygen atoms in total. The number of rotatable bonds is 5. The number of benzene rings is 10. The molecule has 0 saturated heterocycles. The fourth-order valence-corrected chi connectivity index (χ4v) is 11.2. The molecule has 0 amide bonds. The van der Waals surface area contributed by atoms with E-state index in [0.29, 0.717) is 0 Å². The van der Waals surface area contributed by atoms with Crippen molar-refractivity contribution in [3.8, 4) is 33.4 Å². The molecule has 0 spiro atoms. The van der Waals surface area contributed by atoms with Gasteiger partial charge < -0.3 is 0 Å². The summed E-state index contributed by atoms with van der Waals surface area (Å²) in [6.45, 7) is 0. The Hall–Kier alpha value is -7.28. The first-order valence-electron chi connectivity index (χ1n) is 20.4. The quantitative estimate of drug-likeness (QED) is 0.154. The van der Waals surface area contributed by atoms with Crippen molar-refractivity contribution in [2.45, 2.75) is 10.8 Å². The van der Waals surface area contributed by atoms with Crippen LogP contribution in [0.25, 0.3) is 54.9 Å². The minimum absolute atomic E-state index is 0.496. The molecule has 0 heterocycles. The van der Waals surface area contributed by atoms with Crippen LogP contribution in [0.5, 0.6) is 0 Å². The van der Waals surface area contributed by atoms with Crippen molar-refractivity contribution in [2.24, 2.45) is 0 Å². The Balaban J connectivity index is 1.28. The van der Waals surface area contributed by atoms with Crippen LogP contribution in [0.3, 0.4) is 0 Å². The lowest BCUT2D eigenvalue weighted by molar-refractivity contribution is 0.627. The van der Waals surface area contributed by atoms with E-state index in [2.05, 4.69) is 231 Å². The maximum atomic E-state index is 2.44. The summed E-state index contributed by atoms with van der Waals surface area (Å²) in [6, 6.07) is 86.5. The molecule has 0 heteroatoms. The van der Waals surface area contributed by atoms with Crippen molar-refractivity contribution in [1.29, 1.82) is 0 Å². The van der Waals surface area contributed by atoms with Crippen molar-refractivity contribution < 1.29 is 0 Å². The van der Waals surface area contributed by atoms with Gasteiger partial charge in [-0.1, -0.05) is 231 Å². The summed E-state index contributed by atoms with van der Waals surface area (Å²) in [7, 11) is 0. The van der Waals surface area contributed by atoms with Gasteiger partial charge in [0.25, 0.3) is 0 Å². The van der Waals surface area contributed by atoms with Gasteiger partial charge in [-0.15, -0.1) is 0 Å². The van der Waals surface area contributed by atoms with E-state index < -0.39 is 10.8 Å². The first kappa shape index (κ1) is 32.9. The van der Waals surface area contributed by atoms with Crippen LogP contribution >= 0.6 is 0 Å². The van der Waals surface area contributed by atoms with Crippen LogP contribution < -0.4 is 0 Å². The van der Waals surface area contributed by atoms with E-state index in [0.717, 1.165) is 0 Å². The van der Waals surface area contributed by atoms with E-state index >= 15 is 0 Å². The maximum absolute atomic E-state index is 2.44. The second-order valence-corrected chi connectivity index (χ2v) is 15.8. The van der Waals surface area contributed by atoms with Gasteiger partial charge in [0.1, 0.15) is 0 Å². The first-order valence-corrected chi connectivity index (χ1v) is 20.4. The summed E-state index contributed by atoms with van der Waals surface area (Å²) >= 11 is 0. The molecular formula is C58H38. The zero-order chi connectivity index (χ0) is 38.3. The zero-order valence-electron chi connectivity index (χ0n) is 31.9. The predicted molar refractivity (Wildman–Crippen MR) is 241 cm³/mol. The smallest absolute Gasteiger partial charge is 0.0622 e. The van der Waals surface area contributed by atoms with Gasteiger partial charge in [0.2, 0.25) is 0 Å². The van der Waals surface area contributed by atoms with E-state index in [1.807, 2.05) is 0 Å². The van der Waals surface area contributed by atoms with Crippen LogP contribution in [-0.4, -0.2) is 0 Å². The molecule has 0 fully saturated rings. The molecule has 0 N–H and O–H groups in total. The Morgan fingerprint density at radius 1 is 0.224 bits per heavy atom. The largest absolute Gasteiger partial charge is 0.0720 e. The van der Waals surface area contributed by atoms with Gasteiger partial charge in [0.15, 0.2) is 0 Å². The van der Waals surface area contributed by atoms with Crippen molar-refractivity contribution in [3.05, 3.63) is 275 Å². The molecule has 0 bridgehead atoms. The van der Waals surface area contributed by atoms with E-state index in [4.69, 9.17) is 0 Å². The summed E-state index contributed by atoms with van der Waals surface area (Å²) in [4.78, 5) is 0. The van der Waals surface area contributed by atoms with Crippen molar-refractivity contribution in [3.63, 3.8) is 0 Å². The lowest BCUT2D eigenvalue weighted by Gasteiger charge is -2.50. The van der Waals surface area contributed by atoms with E-state index in [1.54, 1.807) is 0 Å². The topological polar surface area (TPSA) is 0 Å². The molecule has 0 radical (unpaired) electrons. The predicted octanol–water partition coefficient (Wildman–Crippen LogP) is 14.4. The molecule has 10 aromatic carbocycles. The molecule has 0 saturated carbocycles. The van der Waals surface area contributed by atoms with Gasteiger partial charge in [-0.05, 0) is 99.4 Å². The summed E-state index contributed by atoms with van der Waals surface area (Å²) < 4.78 is 0. The van der Waals surface area contributed by atoms with E-state index in [1.165, 1.54) is 99.4 Å². The van der Waals surface area contributed by atoms with E-state index in [-0.39, 0.29) is 0 Å². The summed E-state index contributed by atoms with van der Waals surface area (Å²) in [5.74, 6) is 0. The van der Waals surface area contributed by atoms with Crippen LogP contribution in [-0.2, 0) is 10.8 Å². The normalized spacial score (nSPS) is 17.4. The molecule has 58 heavy (non-hydrogen) atoms. The number of fused-ring (bicyclic) bond motifs is 7. The maximum Gasteiger partial charge on any atom is 0.0720 e. The highest BCUT2D eigenvalue weighted by atomic mass is 14.6. The van der Waals surface area contributed by atoms with Gasteiger partial charge in [0.05, 0.1) is 10.8 Å². The highest BCUT2D eigenvalue weighted by Gasteiger charge is 2.57. The molecule has 270 valence electrons. The Bertz CT molecular complexity index is 3160. The van der Waals surface area contributed by atoms with Crippen molar-refractivity contribution in [2.75, 3.05) is 0 Å². The Morgan fingerprint density at radius 3 is 1.19 bits per heavy atom. The van der Waals surface area contributed by atoms with E-state index in [9.17, 15) is 0 Å². The third-order valence-electron chi connectivity index (χ3n) is 13.2. The first-order chi connectivity index (χ1) is 28.8. The molecular weight excluding hydrogens is 697 g/mol. The molecule has 2 atom stereocenters. The molecule has 0 aromatic heterocycles. The zero-order valence-corrected chi connectivity index (χ0v) is 31.9. The average molecular weight is 735 g/mol. The van der Waals surface area contributed by atoms with Crippen LogP contribution in [0, 0.1) is 0 Å². The second kappa shape index (κ2) is 12.6. The molecule has 12 rings (SSSR count). The molecule has 10 aromatic rings. The standard InChI is InChI=1S/C58H38/c1-4-21-39(22-5-1)54-43-28-10-12-30-45(43)55(46-31-13-11-29-44(46)54)48-32-15-17-35-50(48)57(40-23-6-2-7-24-40)51-36-18-19-37-52(51)58(41-25-8-3-9-26-41)49-34-16-14-27-42(49)47-33-20-38-53(57)56(47)58/h1-38H. The number of hydrogen-bond acceptors (Lipinski definition) is 0. The van der Waals surface area contributed by atoms with Gasteiger partial charge in [-0.25, -0.2) is 0 Å². The van der Waals surface area contributed by atoms with Crippen LogP contribution in [0.2, 0.25) is 0 Å². The fraction of sp³-hybridized carbons (Fsp3) is 0.0345. The van der Waals surface area contributed by atoms with Crippen molar-refractivity contribution in [1.82, 2.24) is 0 Å².